The van der Waals surface area contributed by atoms with Crippen molar-refractivity contribution in [3.8, 4) is 0 Å². The van der Waals surface area contributed by atoms with E-state index in [0.717, 1.165) is 12.1 Å². The first kappa shape index (κ1) is 9.33. The van der Waals surface area contributed by atoms with Gasteiger partial charge in [-0.25, -0.2) is 0 Å². The molecule has 2 unspecified atom stereocenters. The van der Waals surface area contributed by atoms with Crippen molar-refractivity contribution < 1.29 is 4.79 Å². The van der Waals surface area contributed by atoms with Gasteiger partial charge in [0, 0.05) is 12.1 Å². The molecule has 5 heteroatoms. The summed E-state index contributed by atoms with van der Waals surface area (Å²) in [5.41, 5.74) is 0.738. The number of amides is 1. The van der Waals surface area contributed by atoms with E-state index in [0.29, 0.717) is 11.9 Å². The second kappa shape index (κ2) is 3.30. The third-order valence-electron chi connectivity index (χ3n) is 2.99. The molecule has 1 saturated carbocycles. The summed E-state index contributed by atoms with van der Waals surface area (Å²) in [6, 6.07) is 5.62. The first-order valence-corrected chi connectivity index (χ1v) is 5.36. The first-order chi connectivity index (χ1) is 7.75. The highest BCUT2D eigenvalue weighted by molar-refractivity contribution is 5.93. The highest BCUT2D eigenvalue weighted by Crippen LogP contribution is 2.38. The van der Waals surface area contributed by atoms with E-state index in [2.05, 4.69) is 22.4 Å². The number of fused-ring (bicyclic) bond motifs is 1. The van der Waals surface area contributed by atoms with E-state index in [4.69, 9.17) is 0 Å². The molecule has 0 aromatic carbocycles. The lowest BCUT2D eigenvalue weighted by atomic mass is 10.3. The number of aromatic nitrogens is 3. The Bertz CT molecular complexity index is 548. The number of anilines is 1. The summed E-state index contributed by atoms with van der Waals surface area (Å²) < 4.78 is 1.77. The third kappa shape index (κ3) is 1.44. The van der Waals surface area contributed by atoms with Gasteiger partial charge in [0.2, 0.25) is 11.9 Å². The fraction of sp³-hybridized carbons (Fsp3) is 0.364. The van der Waals surface area contributed by atoms with Gasteiger partial charge in [-0.3, -0.25) is 14.5 Å². The van der Waals surface area contributed by atoms with Crippen LogP contribution in [0.3, 0.4) is 0 Å². The zero-order valence-electron chi connectivity index (χ0n) is 8.92. The van der Waals surface area contributed by atoms with Crippen molar-refractivity contribution in [2.45, 2.75) is 13.3 Å². The van der Waals surface area contributed by atoms with Crippen LogP contribution in [0.5, 0.6) is 0 Å². The molecule has 1 N–H and O–H groups in total. The maximum atomic E-state index is 11.7. The minimum absolute atomic E-state index is 0.0469. The molecule has 1 aliphatic rings. The second-order valence-electron chi connectivity index (χ2n) is 4.26. The highest BCUT2D eigenvalue weighted by Gasteiger charge is 2.39. The Balaban J connectivity index is 1.86. The zero-order chi connectivity index (χ0) is 11.1. The van der Waals surface area contributed by atoms with Crippen LogP contribution in [0.15, 0.2) is 24.4 Å². The van der Waals surface area contributed by atoms with Crippen LogP contribution in [0.2, 0.25) is 0 Å². The number of hydrogen-bond donors (Lipinski definition) is 1. The van der Waals surface area contributed by atoms with E-state index in [1.54, 1.807) is 4.40 Å². The number of hydrogen-bond acceptors (Lipinski definition) is 3. The molecular weight excluding hydrogens is 204 g/mol. The largest absolute Gasteiger partial charge is 0.294 e. The van der Waals surface area contributed by atoms with Crippen molar-refractivity contribution in [3.63, 3.8) is 0 Å². The molecule has 0 saturated heterocycles. The molecule has 3 rings (SSSR count). The molecule has 1 aliphatic carbocycles. The average Bonchev–Trinajstić information content (AvgIpc) is 2.89. The molecule has 2 atom stereocenters. The molecule has 0 radical (unpaired) electrons. The van der Waals surface area contributed by atoms with Gasteiger partial charge in [0.25, 0.3) is 0 Å². The third-order valence-corrected chi connectivity index (χ3v) is 2.99. The summed E-state index contributed by atoms with van der Waals surface area (Å²) in [5.74, 6) is 1.20. The Morgan fingerprint density at radius 3 is 3.06 bits per heavy atom. The minimum atomic E-state index is 0.0469. The maximum absolute atomic E-state index is 11.7. The molecule has 16 heavy (non-hydrogen) atoms. The summed E-state index contributed by atoms with van der Waals surface area (Å²) in [5, 5.41) is 10.7. The first-order valence-electron chi connectivity index (χ1n) is 5.36. The number of rotatable bonds is 2. The molecule has 0 aliphatic heterocycles. The summed E-state index contributed by atoms with van der Waals surface area (Å²) in [4.78, 5) is 11.7. The number of carbonyl (C=O) groups is 1. The van der Waals surface area contributed by atoms with Crippen LogP contribution in [0.4, 0.5) is 5.95 Å². The van der Waals surface area contributed by atoms with Gasteiger partial charge < -0.3 is 0 Å². The molecule has 2 aromatic heterocycles. The van der Waals surface area contributed by atoms with Gasteiger partial charge in [-0.2, -0.15) is 0 Å². The number of nitrogens with one attached hydrogen (secondary N) is 1. The fourth-order valence-corrected chi connectivity index (χ4v) is 1.82. The monoisotopic (exact) mass is 216 g/mol. The number of carbonyl (C=O) groups excluding carboxylic acids is 1. The van der Waals surface area contributed by atoms with Gasteiger partial charge >= 0.3 is 0 Å². The zero-order valence-corrected chi connectivity index (χ0v) is 8.92. The smallest absolute Gasteiger partial charge is 0.235 e. The van der Waals surface area contributed by atoms with Crippen LogP contribution in [0.25, 0.3) is 5.65 Å². The van der Waals surface area contributed by atoms with Crippen LogP contribution in [-0.2, 0) is 4.79 Å². The second-order valence-corrected chi connectivity index (χ2v) is 4.26. The molecule has 2 heterocycles. The lowest BCUT2D eigenvalue weighted by Gasteiger charge is -2.01. The van der Waals surface area contributed by atoms with Crippen molar-refractivity contribution in [2.24, 2.45) is 11.8 Å². The standard InChI is InChI=1S/C11H12N4O/c1-7-6-8(7)10(16)12-11-14-13-9-4-2-3-5-15(9)11/h2-5,7-8H,6H2,1H3,(H,12,14,16). The van der Waals surface area contributed by atoms with Gasteiger partial charge in [-0.15, -0.1) is 10.2 Å². The molecule has 0 bridgehead atoms. The van der Waals surface area contributed by atoms with Crippen LogP contribution in [0, 0.1) is 11.8 Å². The Morgan fingerprint density at radius 2 is 2.31 bits per heavy atom. The van der Waals surface area contributed by atoms with Gasteiger partial charge in [0.05, 0.1) is 0 Å². The van der Waals surface area contributed by atoms with Crippen LogP contribution >= 0.6 is 0 Å². The molecule has 2 aromatic rings. The Kier molecular flexibility index (Phi) is 1.92. The van der Waals surface area contributed by atoms with Crippen molar-refractivity contribution >= 4 is 17.5 Å². The van der Waals surface area contributed by atoms with Crippen molar-refractivity contribution in [2.75, 3.05) is 5.32 Å². The Morgan fingerprint density at radius 1 is 1.50 bits per heavy atom. The van der Waals surface area contributed by atoms with Crippen molar-refractivity contribution in [1.82, 2.24) is 14.6 Å². The predicted molar refractivity (Wildman–Crippen MR) is 58.9 cm³/mol. The highest BCUT2D eigenvalue weighted by atomic mass is 16.2. The summed E-state index contributed by atoms with van der Waals surface area (Å²) in [6.07, 6.45) is 2.81. The fourth-order valence-electron chi connectivity index (χ4n) is 1.82. The van der Waals surface area contributed by atoms with Crippen LogP contribution in [-0.4, -0.2) is 20.5 Å². The average molecular weight is 216 g/mol. The van der Waals surface area contributed by atoms with E-state index in [1.807, 2.05) is 24.4 Å². The summed E-state index contributed by atoms with van der Waals surface area (Å²) >= 11 is 0. The molecule has 0 spiro atoms. The number of pyridine rings is 1. The van der Waals surface area contributed by atoms with Crippen molar-refractivity contribution in [3.05, 3.63) is 24.4 Å². The lowest BCUT2D eigenvalue weighted by molar-refractivity contribution is -0.117. The van der Waals surface area contributed by atoms with Gasteiger partial charge in [0.15, 0.2) is 5.65 Å². The molecule has 1 amide bonds. The SMILES string of the molecule is CC1CC1C(=O)Nc1nnc2ccccn12. The van der Waals surface area contributed by atoms with E-state index in [-0.39, 0.29) is 11.8 Å². The van der Waals surface area contributed by atoms with E-state index < -0.39 is 0 Å². The molecule has 5 nitrogen and oxygen atoms in total. The summed E-state index contributed by atoms with van der Waals surface area (Å²) in [6.45, 7) is 2.08. The van der Waals surface area contributed by atoms with Crippen LogP contribution in [0.1, 0.15) is 13.3 Å². The topological polar surface area (TPSA) is 59.3 Å². The Labute approximate surface area is 92.5 Å². The van der Waals surface area contributed by atoms with Gasteiger partial charge in [0.1, 0.15) is 0 Å². The molecule has 82 valence electrons. The summed E-state index contributed by atoms with van der Waals surface area (Å²) in [7, 11) is 0. The van der Waals surface area contributed by atoms with Crippen LogP contribution < -0.4 is 5.32 Å². The normalized spacial score (nSPS) is 23.3. The Hall–Kier alpha value is -1.91. The number of nitrogens with zero attached hydrogens (tertiary/aromatic N) is 3. The lowest BCUT2D eigenvalue weighted by Crippen LogP contribution is -2.16. The van der Waals surface area contributed by atoms with E-state index in [9.17, 15) is 4.79 Å². The van der Waals surface area contributed by atoms with Gasteiger partial charge in [-0.05, 0) is 24.5 Å². The van der Waals surface area contributed by atoms with Crippen molar-refractivity contribution in [1.29, 1.82) is 0 Å². The van der Waals surface area contributed by atoms with E-state index >= 15 is 0 Å². The molecular formula is C11H12N4O. The minimum Gasteiger partial charge on any atom is -0.294 e. The quantitative estimate of drug-likeness (QED) is 0.823. The molecule has 1 fully saturated rings. The van der Waals surface area contributed by atoms with E-state index in [1.165, 1.54) is 0 Å². The van der Waals surface area contributed by atoms with Gasteiger partial charge in [-0.1, -0.05) is 13.0 Å². The maximum Gasteiger partial charge on any atom is 0.235 e. The predicted octanol–water partition coefficient (Wildman–Crippen LogP) is 1.32.